The molecule has 1 aromatic rings. The van der Waals surface area contributed by atoms with Crippen LogP contribution in [-0.4, -0.2) is 42.3 Å². The Hall–Kier alpha value is -0.940. The minimum absolute atomic E-state index is 0.363. The van der Waals surface area contributed by atoms with Gasteiger partial charge in [-0.25, -0.2) is 14.4 Å². The molecule has 23 heavy (non-hydrogen) atoms. The van der Waals surface area contributed by atoms with E-state index >= 15 is 0 Å². The maximum Gasteiger partial charge on any atom is 0.134 e. The molecule has 2 saturated heterocycles. The van der Waals surface area contributed by atoms with Crippen molar-refractivity contribution in [1.29, 1.82) is 0 Å². The summed E-state index contributed by atoms with van der Waals surface area (Å²) < 4.78 is 11.9. The molecule has 130 valence electrons. The average molecular weight is 343 g/mol. The Kier molecular flexibility index (Phi) is 6.60. The smallest absolute Gasteiger partial charge is 0.134 e. The van der Waals surface area contributed by atoms with Crippen molar-refractivity contribution in [2.45, 2.75) is 52.6 Å². The number of nitrogens with one attached hydrogen (secondary N) is 1. The molecule has 0 spiro atoms. The highest BCUT2D eigenvalue weighted by Crippen LogP contribution is 2.31. The summed E-state index contributed by atoms with van der Waals surface area (Å²) in [6.45, 7) is 10.2. The van der Waals surface area contributed by atoms with Gasteiger partial charge in [0.25, 0.3) is 0 Å². The summed E-state index contributed by atoms with van der Waals surface area (Å²) in [4.78, 5) is 11.1. The van der Waals surface area contributed by atoms with Gasteiger partial charge < -0.3 is 10.2 Å². The topological polar surface area (TPSA) is 41.1 Å². The second-order valence-corrected chi connectivity index (χ2v) is 7.49. The van der Waals surface area contributed by atoms with Gasteiger partial charge in [0.1, 0.15) is 23.0 Å². The first-order valence-electron chi connectivity index (χ1n) is 8.53. The van der Waals surface area contributed by atoms with Crippen LogP contribution in [0, 0.1) is 5.41 Å². The summed E-state index contributed by atoms with van der Waals surface area (Å²) in [5.41, 5.74) is 0.363. The first-order chi connectivity index (χ1) is 10.9. The van der Waals surface area contributed by atoms with Crippen LogP contribution in [0.5, 0.6) is 0 Å². The molecule has 6 heteroatoms. The molecule has 3 rings (SSSR count). The molecule has 0 aliphatic carbocycles. The molecule has 0 saturated carbocycles. The predicted octanol–water partition coefficient (Wildman–Crippen LogP) is 3.64. The SMILES string of the molecule is CCc1nc(Cl)cc(N2CCCC(C)(C)C2)n1.FC1CCNC1. The maximum absolute atomic E-state index is 11.9. The van der Waals surface area contributed by atoms with E-state index < -0.39 is 6.17 Å². The number of piperidine rings is 1. The molecule has 1 aromatic heterocycles. The molecular formula is C17H28ClFN4. The van der Waals surface area contributed by atoms with E-state index in [1.54, 1.807) is 0 Å². The molecule has 0 bridgehead atoms. The van der Waals surface area contributed by atoms with E-state index in [2.05, 4.69) is 41.0 Å². The largest absolute Gasteiger partial charge is 0.356 e. The highest BCUT2D eigenvalue weighted by Gasteiger charge is 2.27. The van der Waals surface area contributed by atoms with Crippen LogP contribution >= 0.6 is 11.6 Å². The zero-order chi connectivity index (χ0) is 16.9. The minimum atomic E-state index is -0.565. The molecule has 2 aliphatic rings. The van der Waals surface area contributed by atoms with Crippen LogP contribution in [0.3, 0.4) is 0 Å². The summed E-state index contributed by atoms with van der Waals surface area (Å²) in [5, 5.41) is 3.45. The van der Waals surface area contributed by atoms with Gasteiger partial charge in [-0.3, -0.25) is 0 Å². The van der Waals surface area contributed by atoms with Crippen molar-refractivity contribution >= 4 is 17.4 Å². The minimum Gasteiger partial charge on any atom is -0.356 e. The van der Waals surface area contributed by atoms with E-state index in [1.165, 1.54) is 12.8 Å². The molecular weight excluding hydrogens is 315 g/mol. The zero-order valence-electron chi connectivity index (χ0n) is 14.4. The fourth-order valence-electron chi connectivity index (χ4n) is 3.01. The Morgan fingerprint density at radius 1 is 1.43 bits per heavy atom. The van der Waals surface area contributed by atoms with Gasteiger partial charge in [0, 0.05) is 32.1 Å². The Morgan fingerprint density at radius 2 is 2.22 bits per heavy atom. The lowest BCUT2D eigenvalue weighted by Gasteiger charge is -2.38. The lowest BCUT2D eigenvalue weighted by molar-refractivity contribution is 0.292. The summed E-state index contributed by atoms with van der Waals surface area (Å²) in [6.07, 6.45) is 3.47. The molecule has 1 atom stereocenters. The predicted molar refractivity (Wildman–Crippen MR) is 94.0 cm³/mol. The third-order valence-corrected chi connectivity index (χ3v) is 4.46. The summed E-state index contributed by atoms with van der Waals surface area (Å²) in [6, 6.07) is 1.88. The van der Waals surface area contributed by atoms with E-state index in [1.807, 2.05) is 6.07 Å². The second kappa shape index (κ2) is 8.25. The van der Waals surface area contributed by atoms with Gasteiger partial charge in [-0.2, -0.15) is 0 Å². The van der Waals surface area contributed by atoms with E-state index in [9.17, 15) is 4.39 Å². The summed E-state index contributed by atoms with van der Waals surface area (Å²) >= 11 is 6.04. The normalized spacial score (nSPS) is 23.3. The van der Waals surface area contributed by atoms with Crippen molar-refractivity contribution in [3.8, 4) is 0 Å². The van der Waals surface area contributed by atoms with Crippen molar-refractivity contribution in [1.82, 2.24) is 15.3 Å². The van der Waals surface area contributed by atoms with Crippen LogP contribution in [0.15, 0.2) is 6.07 Å². The highest BCUT2D eigenvalue weighted by molar-refractivity contribution is 6.29. The molecule has 3 heterocycles. The van der Waals surface area contributed by atoms with Crippen molar-refractivity contribution in [3.05, 3.63) is 17.0 Å². The fourth-order valence-corrected chi connectivity index (χ4v) is 3.21. The number of rotatable bonds is 2. The van der Waals surface area contributed by atoms with Crippen molar-refractivity contribution in [3.63, 3.8) is 0 Å². The summed E-state index contributed by atoms with van der Waals surface area (Å²) in [5.74, 6) is 1.81. The summed E-state index contributed by atoms with van der Waals surface area (Å²) in [7, 11) is 0. The van der Waals surface area contributed by atoms with Crippen LogP contribution in [-0.2, 0) is 6.42 Å². The number of hydrogen-bond donors (Lipinski definition) is 1. The second-order valence-electron chi connectivity index (χ2n) is 7.10. The van der Waals surface area contributed by atoms with Gasteiger partial charge in [0.05, 0.1) is 0 Å². The van der Waals surface area contributed by atoms with Crippen molar-refractivity contribution in [2.75, 3.05) is 31.1 Å². The number of aryl methyl sites for hydroxylation is 1. The third-order valence-electron chi connectivity index (χ3n) is 4.27. The van der Waals surface area contributed by atoms with Crippen LogP contribution < -0.4 is 10.2 Å². The molecule has 0 aromatic carbocycles. The lowest BCUT2D eigenvalue weighted by atomic mass is 9.84. The average Bonchev–Trinajstić information content (AvgIpc) is 2.97. The molecule has 0 radical (unpaired) electrons. The molecule has 2 aliphatic heterocycles. The number of alkyl halides is 1. The third kappa shape index (κ3) is 5.88. The number of aromatic nitrogens is 2. The van der Waals surface area contributed by atoms with Crippen molar-refractivity contribution in [2.24, 2.45) is 5.41 Å². The zero-order valence-corrected chi connectivity index (χ0v) is 15.2. The molecule has 1 N–H and O–H groups in total. The quantitative estimate of drug-likeness (QED) is 0.833. The number of halogens is 2. The van der Waals surface area contributed by atoms with Crippen molar-refractivity contribution < 1.29 is 4.39 Å². The molecule has 1 unspecified atom stereocenters. The van der Waals surface area contributed by atoms with E-state index in [-0.39, 0.29) is 0 Å². The molecule has 0 amide bonds. The number of hydrogen-bond acceptors (Lipinski definition) is 4. The highest BCUT2D eigenvalue weighted by atomic mass is 35.5. The monoisotopic (exact) mass is 342 g/mol. The Labute approximate surface area is 143 Å². The van der Waals surface area contributed by atoms with Gasteiger partial charge in [-0.05, 0) is 31.2 Å². The van der Waals surface area contributed by atoms with E-state index in [0.29, 0.717) is 23.5 Å². The fraction of sp³-hybridized carbons (Fsp3) is 0.765. The Bertz CT molecular complexity index is 503. The van der Waals surface area contributed by atoms with Gasteiger partial charge in [-0.1, -0.05) is 32.4 Å². The van der Waals surface area contributed by atoms with Gasteiger partial charge in [0.2, 0.25) is 0 Å². The van der Waals surface area contributed by atoms with Gasteiger partial charge in [-0.15, -0.1) is 0 Å². The van der Waals surface area contributed by atoms with Crippen LogP contribution in [0.4, 0.5) is 10.2 Å². The van der Waals surface area contributed by atoms with Gasteiger partial charge >= 0.3 is 0 Å². The van der Waals surface area contributed by atoms with E-state index in [4.69, 9.17) is 11.6 Å². The molecule has 4 nitrogen and oxygen atoms in total. The lowest BCUT2D eigenvalue weighted by Crippen LogP contribution is -2.40. The number of nitrogens with zero attached hydrogens (tertiary/aromatic N) is 3. The van der Waals surface area contributed by atoms with Crippen LogP contribution in [0.2, 0.25) is 5.15 Å². The maximum atomic E-state index is 11.9. The van der Waals surface area contributed by atoms with Crippen LogP contribution in [0.1, 0.15) is 45.9 Å². The first kappa shape index (κ1) is 18.4. The first-order valence-corrected chi connectivity index (χ1v) is 8.90. The Morgan fingerprint density at radius 3 is 2.74 bits per heavy atom. The van der Waals surface area contributed by atoms with Crippen LogP contribution in [0.25, 0.3) is 0 Å². The Balaban J connectivity index is 0.000000268. The standard InChI is InChI=1S/C13H20ClN3.C4H8FN/c1-4-11-15-10(14)8-12(16-11)17-7-5-6-13(2,3)9-17;5-4-1-2-6-3-4/h8H,4-7,9H2,1-3H3;4,6H,1-3H2. The number of anilines is 1. The van der Waals surface area contributed by atoms with E-state index in [0.717, 1.165) is 37.7 Å². The molecule has 2 fully saturated rings. The van der Waals surface area contributed by atoms with Gasteiger partial charge in [0.15, 0.2) is 0 Å².